The molecule has 0 radical (unpaired) electrons. The van der Waals surface area contributed by atoms with Gasteiger partial charge >= 0.3 is 0 Å². The monoisotopic (exact) mass is 263 g/mol. The molecular weight excluding hydrogens is 246 g/mol. The van der Waals surface area contributed by atoms with Gasteiger partial charge in [0, 0.05) is 23.8 Å². The number of benzene rings is 1. The van der Waals surface area contributed by atoms with Gasteiger partial charge in [0.1, 0.15) is 5.54 Å². The van der Waals surface area contributed by atoms with Crippen LogP contribution in [0.5, 0.6) is 0 Å². The van der Waals surface area contributed by atoms with Crippen LogP contribution in [0.3, 0.4) is 0 Å². The highest BCUT2D eigenvalue weighted by atomic mass is 35.5. The summed E-state index contributed by atoms with van der Waals surface area (Å²) in [7, 11) is 0. The number of nitrogens with zero attached hydrogens (tertiary/aromatic N) is 2. The molecule has 1 fully saturated rings. The number of likely N-dealkylation sites (tertiary alicyclic amines) is 1. The van der Waals surface area contributed by atoms with Crippen LogP contribution in [-0.2, 0) is 0 Å². The second-order valence-electron chi connectivity index (χ2n) is 4.76. The average Bonchev–Trinajstić information content (AvgIpc) is 2.39. The Morgan fingerprint density at radius 3 is 2.72 bits per heavy atom. The van der Waals surface area contributed by atoms with Crippen molar-refractivity contribution in [3.05, 3.63) is 29.3 Å². The predicted molar refractivity (Wildman–Crippen MR) is 74.8 cm³/mol. The first-order valence-corrected chi connectivity index (χ1v) is 6.72. The smallest absolute Gasteiger partial charge is 0.127 e. The van der Waals surface area contributed by atoms with E-state index in [2.05, 4.69) is 23.2 Å². The van der Waals surface area contributed by atoms with Gasteiger partial charge in [0.15, 0.2) is 0 Å². The van der Waals surface area contributed by atoms with E-state index in [-0.39, 0.29) is 0 Å². The number of hydrogen-bond acceptors (Lipinski definition) is 3. The van der Waals surface area contributed by atoms with Crippen molar-refractivity contribution in [2.45, 2.75) is 25.3 Å². The van der Waals surface area contributed by atoms with Crippen LogP contribution in [0, 0.1) is 11.3 Å². The maximum absolute atomic E-state index is 9.47. The van der Waals surface area contributed by atoms with Crippen molar-refractivity contribution in [2.75, 3.05) is 25.0 Å². The third-order valence-electron chi connectivity index (χ3n) is 3.58. The van der Waals surface area contributed by atoms with Gasteiger partial charge in [0.2, 0.25) is 0 Å². The number of nitriles is 1. The van der Waals surface area contributed by atoms with Gasteiger partial charge in [-0.3, -0.25) is 0 Å². The zero-order chi connectivity index (χ0) is 13.0. The molecule has 18 heavy (non-hydrogen) atoms. The van der Waals surface area contributed by atoms with Gasteiger partial charge in [0.05, 0.1) is 6.07 Å². The largest absolute Gasteiger partial charge is 0.367 e. The fourth-order valence-electron chi connectivity index (χ4n) is 2.36. The van der Waals surface area contributed by atoms with Crippen molar-refractivity contribution in [1.29, 1.82) is 5.26 Å². The van der Waals surface area contributed by atoms with Crippen LogP contribution in [-0.4, -0.2) is 30.1 Å². The summed E-state index contributed by atoms with van der Waals surface area (Å²) in [5.41, 5.74) is 0.477. The van der Waals surface area contributed by atoms with E-state index in [1.807, 2.05) is 24.3 Å². The lowest BCUT2D eigenvalue weighted by atomic mass is 9.88. The molecule has 1 saturated heterocycles. The summed E-state index contributed by atoms with van der Waals surface area (Å²) in [6.07, 6.45) is 1.70. The van der Waals surface area contributed by atoms with Crippen molar-refractivity contribution in [3.63, 3.8) is 0 Å². The topological polar surface area (TPSA) is 39.1 Å². The van der Waals surface area contributed by atoms with Gasteiger partial charge in [-0.15, -0.1) is 0 Å². The maximum atomic E-state index is 9.47. The molecule has 1 heterocycles. The summed E-state index contributed by atoms with van der Waals surface area (Å²) < 4.78 is 0. The van der Waals surface area contributed by atoms with Crippen LogP contribution in [0.2, 0.25) is 5.02 Å². The lowest BCUT2D eigenvalue weighted by Gasteiger charge is -2.37. The summed E-state index contributed by atoms with van der Waals surface area (Å²) in [4.78, 5) is 2.37. The van der Waals surface area contributed by atoms with Gasteiger partial charge in [-0.25, -0.2) is 0 Å². The Balaban J connectivity index is 2.08. The fourth-order valence-corrected chi connectivity index (χ4v) is 2.55. The van der Waals surface area contributed by atoms with E-state index >= 15 is 0 Å². The first-order chi connectivity index (χ1) is 8.67. The first kappa shape index (κ1) is 13.2. The van der Waals surface area contributed by atoms with Crippen LogP contribution in [0.25, 0.3) is 0 Å². The summed E-state index contributed by atoms with van der Waals surface area (Å²) in [5, 5.41) is 13.5. The third kappa shape index (κ3) is 2.95. The van der Waals surface area contributed by atoms with Crippen LogP contribution < -0.4 is 5.32 Å². The Labute approximate surface area is 113 Å². The minimum Gasteiger partial charge on any atom is -0.367 e. The molecule has 1 aliphatic rings. The number of rotatable bonds is 3. The Morgan fingerprint density at radius 2 is 2.17 bits per heavy atom. The van der Waals surface area contributed by atoms with Crippen molar-refractivity contribution in [3.8, 4) is 6.07 Å². The zero-order valence-corrected chi connectivity index (χ0v) is 11.4. The predicted octanol–water partition coefficient (Wildman–Crippen LogP) is 3.13. The molecule has 0 bridgehead atoms. The van der Waals surface area contributed by atoms with E-state index < -0.39 is 5.54 Å². The highest BCUT2D eigenvalue weighted by molar-refractivity contribution is 6.30. The van der Waals surface area contributed by atoms with E-state index in [4.69, 9.17) is 11.6 Å². The second-order valence-corrected chi connectivity index (χ2v) is 5.20. The Kier molecular flexibility index (Phi) is 4.11. The molecule has 0 spiro atoms. The molecule has 1 aliphatic heterocycles. The van der Waals surface area contributed by atoms with Crippen molar-refractivity contribution >= 4 is 17.3 Å². The number of hydrogen-bond donors (Lipinski definition) is 1. The summed E-state index contributed by atoms with van der Waals surface area (Å²) >= 11 is 5.97. The van der Waals surface area contributed by atoms with E-state index in [1.165, 1.54) is 0 Å². The van der Waals surface area contributed by atoms with Crippen LogP contribution in [0.1, 0.15) is 19.8 Å². The highest BCUT2D eigenvalue weighted by Gasteiger charge is 2.34. The van der Waals surface area contributed by atoms with Crippen molar-refractivity contribution in [1.82, 2.24) is 4.90 Å². The van der Waals surface area contributed by atoms with E-state index in [1.54, 1.807) is 0 Å². The van der Waals surface area contributed by atoms with Gasteiger partial charge < -0.3 is 10.2 Å². The molecule has 0 aromatic heterocycles. The van der Waals surface area contributed by atoms with Gasteiger partial charge in [-0.1, -0.05) is 24.6 Å². The molecule has 0 atom stereocenters. The molecule has 0 unspecified atom stereocenters. The van der Waals surface area contributed by atoms with Crippen LogP contribution in [0.4, 0.5) is 5.69 Å². The van der Waals surface area contributed by atoms with Gasteiger partial charge in [-0.05, 0) is 37.6 Å². The molecule has 0 aliphatic carbocycles. The lowest BCUT2D eigenvalue weighted by molar-refractivity contribution is 0.206. The Hall–Kier alpha value is -1.24. The zero-order valence-electron chi connectivity index (χ0n) is 10.6. The van der Waals surface area contributed by atoms with Gasteiger partial charge in [-0.2, -0.15) is 5.26 Å². The quantitative estimate of drug-likeness (QED) is 0.911. The molecule has 4 heteroatoms. The van der Waals surface area contributed by atoms with E-state index in [0.717, 1.165) is 38.2 Å². The molecule has 1 aromatic rings. The molecular formula is C14H18ClN3. The number of piperidine rings is 1. The molecule has 96 valence electrons. The summed E-state index contributed by atoms with van der Waals surface area (Å²) in [6.45, 7) is 5.15. The van der Waals surface area contributed by atoms with Crippen LogP contribution >= 0.6 is 11.6 Å². The number of halogens is 1. The van der Waals surface area contributed by atoms with Crippen molar-refractivity contribution < 1.29 is 0 Å². The summed E-state index contributed by atoms with van der Waals surface area (Å²) in [6, 6.07) is 10.0. The standard InChI is InChI=1S/C14H18ClN3/c1-2-18-8-6-14(11-16,7-9-18)17-13-5-3-4-12(15)10-13/h3-5,10,17H,2,6-9H2,1H3. The number of anilines is 1. The average molecular weight is 264 g/mol. The molecule has 3 nitrogen and oxygen atoms in total. The Bertz CT molecular complexity index is 445. The lowest BCUT2D eigenvalue weighted by Crippen LogP contribution is -2.48. The van der Waals surface area contributed by atoms with Crippen LogP contribution in [0.15, 0.2) is 24.3 Å². The van der Waals surface area contributed by atoms with E-state index in [9.17, 15) is 5.26 Å². The SMILES string of the molecule is CCN1CCC(C#N)(Nc2cccc(Cl)c2)CC1. The molecule has 0 saturated carbocycles. The minimum atomic E-state index is -0.448. The van der Waals surface area contributed by atoms with Crippen molar-refractivity contribution in [2.24, 2.45) is 0 Å². The fraction of sp³-hybridized carbons (Fsp3) is 0.500. The highest BCUT2D eigenvalue weighted by Crippen LogP contribution is 2.27. The third-order valence-corrected chi connectivity index (χ3v) is 3.81. The van der Waals surface area contributed by atoms with Gasteiger partial charge in [0.25, 0.3) is 0 Å². The van der Waals surface area contributed by atoms with E-state index in [0.29, 0.717) is 5.02 Å². The molecule has 1 aromatic carbocycles. The maximum Gasteiger partial charge on any atom is 0.127 e. The minimum absolute atomic E-state index is 0.448. The normalized spacial score (nSPS) is 19.2. The molecule has 2 rings (SSSR count). The molecule has 1 N–H and O–H groups in total. The first-order valence-electron chi connectivity index (χ1n) is 6.35. The number of nitrogens with one attached hydrogen (secondary N) is 1. The molecule has 0 amide bonds. The second kappa shape index (κ2) is 5.60. The summed E-state index contributed by atoms with van der Waals surface area (Å²) in [5.74, 6) is 0. The Morgan fingerprint density at radius 1 is 1.44 bits per heavy atom.